The van der Waals surface area contributed by atoms with E-state index >= 15 is 0 Å². The molecule has 0 saturated heterocycles. The van der Waals surface area contributed by atoms with Crippen LogP contribution in [0, 0.1) is 0 Å². The molecule has 1 fully saturated rings. The van der Waals surface area contributed by atoms with Gasteiger partial charge < -0.3 is 10.4 Å². The Morgan fingerprint density at radius 3 is 2.50 bits per heavy atom. The fraction of sp³-hybridized carbons (Fsp3) is 0.364. The van der Waals surface area contributed by atoms with Gasteiger partial charge in [-0.1, -0.05) is 36.8 Å². The normalized spacial score (nSPS) is 16.8. The summed E-state index contributed by atoms with van der Waals surface area (Å²) in [4.78, 5) is 12.7. The van der Waals surface area contributed by atoms with E-state index in [9.17, 15) is 23.1 Å². The van der Waals surface area contributed by atoms with Crippen molar-refractivity contribution in [2.45, 2.75) is 50.3 Å². The third-order valence-electron chi connectivity index (χ3n) is 5.67. The molecule has 30 heavy (non-hydrogen) atoms. The van der Waals surface area contributed by atoms with Crippen LogP contribution in [0.2, 0.25) is 0 Å². The minimum atomic E-state index is -4.46. The SMILES string of the molecule is C[C@](O)(CC(=O)Nc1nn2ccc(C(F)(F)F)cc2c1C1CCC1)c1ccccc1. The number of carbonyl (C=O) groups excluding carboxylic acids is 1. The molecule has 1 atom stereocenters. The van der Waals surface area contributed by atoms with Crippen molar-refractivity contribution in [3.05, 3.63) is 65.4 Å². The molecule has 1 amide bonds. The minimum absolute atomic E-state index is 0.0518. The second kappa shape index (κ2) is 7.43. The number of nitrogens with zero attached hydrogens (tertiary/aromatic N) is 2. The van der Waals surface area contributed by atoms with Crippen LogP contribution in [-0.4, -0.2) is 20.6 Å². The average molecular weight is 417 g/mol. The van der Waals surface area contributed by atoms with Gasteiger partial charge in [-0.05, 0) is 43.4 Å². The summed E-state index contributed by atoms with van der Waals surface area (Å²) < 4.78 is 40.9. The molecule has 158 valence electrons. The first-order chi connectivity index (χ1) is 14.1. The van der Waals surface area contributed by atoms with Crippen molar-refractivity contribution in [1.29, 1.82) is 0 Å². The summed E-state index contributed by atoms with van der Waals surface area (Å²) in [7, 11) is 0. The van der Waals surface area contributed by atoms with Crippen LogP contribution in [0.1, 0.15) is 55.2 Å². The highest BCUT2D eigenvalue weighted by atomic mass is 19.4. The monoisotopic (exact) mass is 417 g/mol. The number of aromatic nitrogens is 2. The second-order valence-corrected chi connectivity index (χ2v) is 8.00. The van der Waals surface area contributed by atoms with E-state index in [0.717, 1.165) is 31.4 Å². The van der Waals surface area contributed by atoms with Gasteiger partial charge in [0.1, 0.15) is 0 Å². The van der Waals surface area contributed by atoms with Gasteiger partial charge in [0.05, 0.1) is 23.1 Å². The fourth-order valence-electron chi connectivity index (χ4n) is 3.82. The van der Waals surface area contributed by atoms with E-state index in [-0.39, 0.29) is 18.2 Å². The van der Waals surface area contributed by atoms with Crippen molar-refractivity contribution < 1.29 is 23.1 Å². The van der Waals surface area contributed by atoms with Gasteiger partial charge in [-0.2, -0.15) is 13.2 Å². The van der Waals surface area contributed by atoms with Gasteiger partial charge in [0, 0.05) is 11.8 Å². The molecule has 2 heterocycles. The molecule has 0 unspecified atom stereocenters. The molecule has 3 aromatic rings. The maximum Gasteiger partial charge on any atom is 0.416 e. The van der Waals surface area contributed by atoms with Gasteiger partial charge in [0.25, 0.3) is 0 Å². The number of nitrogens with one attached hydrogen (secondary N) is 1. The van der Waals surface area contributed by atoms with E-state index < -0.39 is 23.2 Å². The topological polar surface area (TPSA) is 66.6 Å². The molecule has 0 spiro atoms. The van der Waals surface area contributed by atoms with Crippen LogP contribution in [0.25, 0.3) is 5.52 Å². The molecule has 0 bridgehead atoms. The highest BCUT2D eigenvalue weighted by molar-refractivity contribution is 5.92. The Hall–Kier alpha value is -2.87. The Morgan fingerprint density at radius 1 is 1.20 bits per heavy atom. The van der Waals surface area contributed by atoms with Crippen LogP contribution in [0.15, 0.2) is 48.7 Å². The summed E-state index contributed by atoms with van der Waals surface area (Å²) in [6.45, 7) is 1.55. The molecular weight excluding hydrogens is 395 g/mol. The zero-order chi connectivity index (χ0) is 21.5. The number of hydrogen-bond acceptors (Lipinski definition) is 3. The largest absolute Gasteiger partial charge is 0.416 e. The Bertz CT molecular complexity index is 1070. The molecular formula is C22H22F3N3O2. The summed E-state index contributed by atoms with van der Waals surface area (Å²) in [6.07, 6.45) is -0.749. The zero-order valence-electron chi connectivity index (χ0n) is 16.4. The third kappa shape index (κ3) is 3.92. The number of hydrogen-bond donors (Lipinski definition) is 2. The van der Waals surface area contributed by atoms with Crippen molar-refractivity contribution in [3.8, 4) is 0 Å². The maximum absolute atomic E-state index is 13.2. The predicted molar refractivity (Wildman–Crippen MR) is 106 cm³/mol. The number of rotatable bonds is 5. The number of alkyl halides is 3. The third-order valence-corrected chi connectivity index (χ3v) is 5.67. The van der Waals surface area contributed by atoms with E-state index in [4.69, 9.17) is 0 Å². The molecule has 2 N–H and O–H groups in total. The first-order valence-corrected chi connectivity index (χ1v) is 9.82. The lowest BCUT2D eigenvalue weighted by Crippen LogP contribution is -2.29. The number of anilines is 1. The number of carbonyl (C=O) groups is 1. The summed E-state index contributed by atoms with van der Waals surface area (Å²) in [6, 6.07) is 10.9. The molecule has 8 heteroatoms. The molecule has 1 aliphatic rings. The standard InChI is InChI=1S/C22H22F3N3O2/c1-21(30,15-8-3-2-4-9-15)13-18(29)26-20-19(14-6-5-7-14)17-12-16(22(23,24)25)10-11-28(17)27-20/h2-4,8-12,14,30H,5-7,13H2,1H3,(H,26,27,29)/t21-/m0/s1. The Balaban J connectivity index is 1.64. The number of pyridine rings is 1. The van der Waals surface area contributed by atoms with Crippen molar-refractivity contribution in [2.24, 2.45) is 0 Å². The van der Waals surface area contributed by atoms with E-state index in [0.29, 0.717) is 16.6 Å². The number of fused-ring (bicyclic) bond motifs is 1. The van der Waals surface area contributed by atoms with Crippen molar-refractivity contribution in [1.82, 2.24) is 9.61 Å². The van der Waals surface area contributed by atoms with Crippen LogP contribution >= 0.6 is 0 Å². The molecule has 1 aromatic carbocycles. The summed E-state index contributed by atoms with van der Waals surface area (Å²) in [5, 5.41) is 17.8. The number of amides is 1. The Labute approximate surface area is 171 Å². The van der Waals surface area contributed by atoms with Crippen molar-refractivity contribution in [3.63, 3.8) is 0 Å². The van der Waals surface area contributed by atoms with E-state index in [1.54, 1.807) is 31.2 Å². The Morgan fingerprint density at radius 2 is 1.90 bits per heavy atom. The fourth-order valence-corrected chi connectivity index (χ4v) is 3.82. The highest BCUT2D eigenvalue weighted by Gasteiger charge is 2.34. The second-order valence-electron chi connectivity index (χ2n) is 8.00. The summed E-state index contributed by atoms with van der Waals surface area (Å²) >= 11 is 0. The quantitative estimate of drug-likeness (QED) is 0.623. The van der Waals surface area contributed by atoms with Gasteiger partial charge in [0.2, 0.25) is 5.91 Å². The van der Waals surface area contributed by atoms with E-state index in [1.165, 1.54) is 10.7 Å². The smallest absolute Gasteiger partial charge is 0.385 e. The Kier molecular flexibility index (Phi) is 5.05. The first kappa shape index (κ1) is 20.4. The van der Waals surface area contributed by atoms with Crippen molar-refractivity contribution in [2.75, 3.05) is 5.32 Å². The van der Waals surface area contributed by atoms with Crippen LogP contribution in [0.5, 0.6) is 0 Å². The number of halogens is 3. The molecule has 0 aliphatic heterocycles. The summed E-state index contributed by atoms with van der Waals surface area (Å²) in [5.74, 6) is -0.146. The molecule has 1 aliphatic carbocycles. The molecule has 5 nitrogen and oxygen atoms in total. The minimum Gasteiger partial charge on any atom is -0.385 e. The number of aliphatic hydroxyl groups is 1. The number of benzene rings is 1. The molecule has 4 rings (SSSR count). The van der Waals surface area contributed by atoms with Gasteiger partial charge in [0.15, 0.2) is 5.82 Å². The lowest BCUT2D eigenvalue weighted by atomic mass is 9.80. The molecule has 2 aromatic heterocycles. The van der Waals surface area contributed by atoms with Gasteiger partial charge >= 0.3 is 6.18 Å². The van der Waals surface area contributed by atoms with Gasteiger partial charge in [-0.25, -0.2) is 4.52 Å². The van der Waals surface area contributed by atoms with Crippen LogP contribution in [0.4, 0.5) is 19.0 Å². The highest BCUT2D eigenvalue weighted by Crippen LogP contribution is 2.43. The van der Waals surface area contributed by atoms with Crippen LogP contribution in [0.3, 0.4) is 0 Å². The van der Waals surface area contributed by atoms with Gasteiger partial charge in [-0.15, -0.1) is 5.10 Å². The predicted octanol–water partition coefficient (Wildman–Crippen LogP) is 4.86. The van der Waals surface area contributed by atoms with Crippen LogP contribution in [-0.2, 0) is 16.6 Å². The lowest BCUT2D eigenvalue weighted by Gasteiger charge is -2.26. The average Bonchev–Trinajstić information content (AvgIpc) is 2.97. The van der Waals surface area contributed by atoms with Crippen LogP contribution < -0.4 is 5.32 Å². The summed E-state index contributed by atoms with van der Waals surface area (Å²) in [5.41, 5.74) is -0.561. The first-order valence-electron chi connectivity index (χ1n) is 9.82. The maximum atomic E-state index is 13.2. The lowest BCUT2D eigenvalue weighted by molar-refractivity contribution is -0.137. The van der Waals surface area contributed by atoms with E-state index in [1.807, 2.05) is 6.07 Å². The zero-order valence-corrected chi connectivity index (χ0v) is 16.4. The molecule has 0 radical (unpaired) electrons. The molecule has 1 saturated carbocycles. The van der Waals surface area contributed by atoms with Crippen molar-refractivity contribution >= 4 is 17.2 Å². The van der Waals surface area contributed by atoms with E-state index in [2.05, 4.69) is 10.4 Å². The van der Waals surface area contributed by atoms with Gasteiger partial charge in [-0.3, -0.25) is 4.79 Å².